The van der Waals surface area contributed by atoms with Crippen molar-refractivity contribution in [3.8, 4) is 5.75 Å². The number of hydrogen-bond donors (Lipinski definition) is 2. The van der Waals surface area contributed by atoms with Gasteiger partial charge in [0.25, 0.3) is 0 Å². The molecule has 0 aliphatic carbocycles. The van der Waals surface area contributed by atoms with Crippen LogP contribution in [0.4, 0.5) is 24.5 Å². The van der Waals surface area contributed by atoms with Crippen LogP contribution >= 0.6 is 0 Å². The van der Waals surface area contributed by atoms with Crippen LogP contribution in [0.25, 0.3) is 5.57 Å². The van der Waals surface area contributed by atoms with Gasteiger partial charge in [-0.2, -0.15) is 13.2 Å². The van der Waals surface area contributed by atoms with Crippen molar-refractivity contribution in [3.63, 3.8) is 0 Å². The number of ether oxygens (including phenoxy) is 1. The van der Waals surface area contributed by atoms with Crippen LogP contribution < -0.4 is 15.8 Å². The lowest BCUT2D eigenvalue weighted by molar-refractivity contribution is -0.137. The summed E-state index contributed by atoms with van der Waals surface area (Å²) in [5.74, 6) is 0.320. The molecule has 7 heteroatoms. The van der Waals surface area contributed by atoms with Gasteiger partial charge in [-0.25, -0.2) is 0 Å². The normalized spacial score (nSPS) is 12.1. The van der Waals surface area contributed by atoms with E-state index in [1.807, 2.05) is 19.1 Å². The molecule has 33 heavy (non-hydrogen) atoms. The first-order valence-corrected chi connectivity index (χ1v) is 10.2. The molecule has 0 aromatic heterocycles. The van der Waals surface area contributed by atoms with Gasteiger partial charge in [-0.15, -0.1) is 0 Å². The van der Waals surface area contributed by atoms with Gasteiger partial charge in [0.1, 0.15) is 5.75 Å². The topological polar surface area (TPSA) is 64.3 Å². The highest BCUT2D eigenvalue weighted by Gasteiger charge is 2.30. The molecule has 0 radical (unpaired) electrons. The van der Waals surface area contributed by atoms with Gasteiger partial charge in [-0.3, -0.25) is 4.79 Å². The van der Waals surface area contributed by atoms with Crippen LogP contribution in [0, 0.1) is 0 Å². The summed E-state index contributed by atoms with van der Waals surface area (Å²) < 4.78 is 44.3. The Morgan fingerprint density at radius 2 is 1.64 bits per heavy atom. The van der Waals surface area contributed by atoms with Crippen molar-refractivity contribution < 1.29 is 22.7 Å². The van der Waals surface area contributed by atoms with Gasteiger partial charge < -0.3 is 15.8 Å². The van der Waals surface area contributed by atoms with E-state index in [0.29, 0.717) is 34.9 Å². The molecule has 1 amide bonds. The molecule has 4 nitrogen and oxygen atoms in total. The number of nitrogens with one attached hydrogen (secondary N) is 1. The number of carbonyl (C=O) groups excluding carboxylic acids is 1. The highest BCUT2D eigenvalue weighted by Crippen LogP contribution is 2.32. The Balaban J connectivity index is 1.88. The van der Waals surface area contributed by atoms with E-state index in [-0.39, 0.29) is 5.91 Å². The van der Waals surface area contributed by atoms with Gasteiger partial charge in [-0.1, -0.05) is 42.5 Å². The smallest absolute Gasteiger partial charge is 0.416 e. The molecular formula is C26H23F3N2O2. The van der Waals surface area contributed by atoms with Gasteiger partial charge >= 0.3 is 6.18 Å². The lowest BCUT2D eigenvalue weighted by Gasteiger charge is -2.12. The molecule has 3 aromatic carbocycles. The van der Waals surface area contributed by atoms with E-state index in [2.05, 4.69) is 5.32 Å². The van der Waals surface area contributed by atoms with Crippen molar-refractivity contribution in [1.82, 2.24) is 0 Å². The lowest BCUT2D eigenvalue weighted by atomic mass is 9.96. The molecule has 3 aromatic rings. The number of hydrogen-bond acceptors (Lipinski definition) is 3. The summed E-state index contributed by atoms with van der Waals surface area (Å²) in [6.45, 7) is 2.40. The second-order valence-electron chi connectivity index (χ2n) is 7.09. The number of nitrogen functional groups attached to an aromatic ring is 1. The van der Waals surface area contributed by atoms with Crippen LogP contribution in [-0.2, 0) is 11.0 Å². The Kier molecular flexibility index (Phi) is 7.56. The number of halogens is 3. The number of alkyl halides is 3. The fourth-order valence-corrected chi connectivity index (χ4v) is 3.13. The Morgan fingerprint density at radius 1 is 1.00 bits per heavy atom. The van der Waals surface area contributed by atoms with Gasteiger partial charge in [-0.05, 0) is 66.1 Å². The minimum atomic E-state index is -4.42. The summed E-state index contributed by atoms with van der Waals surface area (Å²) in [5, 5.41) is 2.71. The number of anilines is 2. The molecule has 3 rings (SSSR count). The third-order valence-electron chi connectivity index (χ3n) is 4.66. The number of allylic oxidation sites excluding steroid dienone is 2. The first-order valence-electron chi connectivity index (χ1n) is 10.2. The second-order valence-corrected chi connectivity index (χ2v) is 7.09. The molecule has 0 spiro atoms. The Labute approximate surface area is 190 Å². The summed E-state index contributed by atoms with van der Waals surface area (Å²) in [4.78, 5) is 12.2. The molecular weight excluding hydrogens is 429 g/mol. The van der Waals surface area contributed by atoms with Crippen molar-refractivity contribution in [2.45, 2.75) is 13.1 Å². The lowest BCUT2D eigenvalue weighted by Crippen LogP contribution is -2.07. The zero-order valence-electron chi connectivity index (χ0n) is 17.9. The number of benzene rings is 3. The van der Waals surface area contributed by atoms with Crippen molar-refractivity contribution in [2.75, 3.05) is 17.7 Å². The number of amides is 1. The van der Waals surface area contributed by atoms with E-state index in [1.54, 1.807) is 48.6 Å². The zero-order valence-corrected chi connectivity index (χ0v) is 17.9. The number of rotatable bonds is 7. The first-order chi connectivity index (χ1) is 15.8. The molecule has 170 valence electrons. The fourth-order valence-electron chi connectivity index (χ4n) is 3.13. The van der Waals surface area contributed by atoms with Crippen molar-refractivity contribution >= 4 is 22.9 Å². The van der Waals surface area contributed by atoms with E-state index in [4.69, 9.17) is 10.5 Å². The van der Waals surface area contributed by atoms with E-state index >= 15 is 0 Å². The van der Waals surface area contributed by atoms with E-state index < -0.39 is 11.7 Å². The molecule has 0 saturated heterocycles. The van der Waals surface area contributed by atoms with Gasteiger partial charge in [0.15, 0.2) is 0 Å². The molecule has 0 heterocycles. The van der Waals surface area contributed by atoms with Crippen LogP contribution in [0.5, 0.6) is 5.75 Å². The van der Waals surface area contributed by atoms with E-state index in [1.165, 1.54) is 18.2 Å². The maximum atomic E-state index is 13.0. The van der Waals surface area contributed by atoms with E-state index in [9.17, 15) is 18.0 Å². The maximum Gasteiger partial charge on any atom is 0.416 e. The Morgan fingerprint density at radius 3 is 2.21 bits per heavy atom. The van der Waals surface area contributed by atoms with E-state index in [0.717, 1.165) is 17.7 Å². The molecule has 0 unspecified atom stereocenters. The summed E-state index contributed by atoms with van der Waals surface area (Å²) in [5.41, 5.74) is 8.06. The quantitative estimate of drug-likeness (QED) is 0.251. The summed E-state index contributed by atoms with van der Waals surface area (Å²) in [7, 11) is 0. The standard InChI is InChI=1S/C26H23F3N2O2/c1-2-33-23-15-11-19(12-16-23)24(18-9-13-20(14-10-18)26(27,28)29)7-4-8-25(32)31-22-6-3-5-21(30)17-22/h3-17H,2,30H2,1H3,(H,31,32). The minimum Gasteiger partial charge on any atom is -0.494 e. The molecule has 0 aliphatic rings. The second kappa shape index (κ2) is 10.5. The van der Waals surface area contributed by atoms with Gasteiger partial charge in [0.05, 0.1) is 12.2 Å². The highest BCUT2D eigenvalue weighted by molar-refractivity contribution is 6.00. The van der Waals surface area contributed by atoms with Crippen LogP contribution in [0.15, 0.2) is 91.0 Å². The predicted octanol–water partition coefficient (Wildman–Crippen LogP) is 6.31. The predicted molar refractivity (Wildman–Crippen MR) is 125 cm³/mol. The third-order valence-corrected chi connectivity index (χ3v) is 4.66. The average Bonchev–Trinajstić information content (AvgIpc) is 2.77. The molecule has 0 aliphatic heterocycles. The minimum absolute atomic E-state index is 0.365. The molecule has 0 fully saturated rings. The summed E-state index contributed by atoms with van der Waals surface area (Å²) in [6, 6.07) is 18.9. The largest absolute Gasteiger partial charge is 0.494 e. The Bertz CT molecular complexity index is 1150. The number of nitrogens with two attached hydrogens (primary N) is 1. The summed E-state index contributed by atoms with van der Waals surface area (Å²) >= 11 is 0. The zero-order chi connectivity index (χ0) is 23.8. The van der Waals surface area contributed by atoms with Gasteiger partial charge in [0.2, 0.25) is 5.91 Å². The molecule has 0 bridgehead atoms. The number of carbonyl (C=O) groups is 1. The van der Waals surface area contributed by atoms with Gasteiger partial charge in [0, 0.05) is 17.5 Å². The van der Waals surface area contributed by atoms with Crippen molar-refractivity contribution in [1.29, 1.82) is 0 Å². The van der Waals surface area contributed by atoms with Crippen molar-refractivity contribution in [3.05, 3.63) is 108 Å². The van der Waals surface area contributed by atoms with Crippen molar-refractivity contribution in [2.24, 2.45) is 0 Å². The van der Waals surface area contributed by atoms with Crippen LogP contribution in [0.3, 0.4) is 0 Å². The van der Waals surface area contributed by atoms with Crippen LogP contribution in [0.2, 0.25) is 0 Å². The Hall–Kier alpha value is -4.00. The third kappa shape index (κ3) is 6.74. The molecule has 3 N–H and O–H groups in total. The van der Waals surface area contributed by atoms with Crippen LogP contribution in [-0.4, -0.2) is 12.5 Å². The monoisotopic (exact) mass is 452 g/mol. The fraction of sp³-hybridized carbons (Fsp3) is 0.115. The van der Waals surface area contributed by atoms with Crippen LogP contribution in [0.1, 0.15) is 23.6 Å². The first kappa shape index (κ1) is 23.7. The summed E-state index contributed by atoms with van der Waals surface area (Å²) in [6.07, 6.45) is 0.143. The SMILES string of the molecule is CCOc1ccc(C(=CC=CC(=O)Nc2cccc(N)c2)c2ccc(C(F)(F)F)cc2)cc1. The maximum absolute atomic E-state index is 13.0. The molecule has 0 atom stereocenters. The highest BCUT2D eigenvalue weighted by atomic mass is 19.4. The molecule has 0 saturated carbocycles. The average molecular weight is 452 g/mol.